The van der Waals surface area contributed by atoms with Crippen molar-refractivity contribution >= 4 is 23.1 Å². The highest BCUT2D eigenvalue weighted by Crippen LogP contribution is 2.20. The predicted molar refractivity (Wildman–Crippen MR) is 71.2 cm³/mol. The van der Waals surface area contributed by atoms with Gasteiger partial charge in [-0.25, -0.2) is 0 Å². The number of hydrogen-bond acceptors (Lipinski definition) is 3. The second kappa shape index (κ2) is 6.09. The van der Waals surface area contributed by atoms with Crippen LogP contribution in [-0.4, -0.2) is 17.0 Å². The highest BCUT2D eigenvalue weighted by molar-refractivity contribution is 7.99. The normalized spacial score (nSPS) is 12.6. The molecule has 0 saturated heterocycles. The Labute approximate surface area is 104 Å². The van der Waals surface area contributed by atoms with Gasteiger partial charge in [0.25, 0.3) is 0 Å². The first kappa shape index (κ1) is 11.7. The van der Waals surface area contributed by atoms with Crippen LogP contribution in [-0.2, 0) is 6.42 Å². The Morgan fingerprint density at radius 2 is 1.94 bits per heavy atom. The number of aliphatic hydroxyl groups is 1. The average Bonchev–Trinajstić information content (AvgIpc) is 2.81. The molecule has 3 heteroatoms. The van der Waals surface area contributed by atoms with E-state index in [1.54, 1.807) is 23.1 Å². The molecule has 0 bridgehead atoms. The molecule has 16 heavy (non-hydrogen) atoms. The van der Waals surface area contributed by atoms with E-state index in [-0.39, 0.29) is 6.10 Å². The van der Waals surface area contributed by atoms with Crippen LogP contribution >= 0.6 is 23.1 Å². The van der Waals surface area contributed by atoms with Gasteiger partial charge in [0, 0.05) is 21.9 Å². The molecular formula is C13H14OS2. The van der Waals surface area contributed by atoms with Crippen molar-refractivity contribution < 1.29 is 5.11 Å². The van der Waals surface area contributed by atoms with E-state index in [4.69, 9.17) is 0 Å². The Bertz CT molecular complexity index is 397. The molecule has 0 aliphatic rings. The summed E-state index contributed by atoms with van der Waals surface area (Å²) in [6.07, 6.45) is 0.501. The van der Waals surface area contributed by atoms with Crippen LogP contribution in [0.2, 0.25) is 0 Å². The van der Waals surface area contributed by atoms with Crippen molar-refractivity contribution in [2.75, 3.05) is 5.75 Å². The Balaban J connectivity index is 1.78. The fraction of sp³-hybridized carbons (Fsp3) is 0.231. The Kier molecular flexibility index (Phi) is 4.45. The van der Waals surface area contributed by atoms with E-state index in [0.29, 0.717) is 0 Å². The number of thioether (sulfide) groups is 1. The third kappa shape index (κ3) is 3.67. The molecule has 1 aromatic heterocycles. The first-order valence-corrected chi connectivity index (χ1v) is 7.09. The molecule has 0 amide bonds. The average molecular weight is 250 g/mol. The molecule has 1 heterocycles. The minimum atomic E-state index is -0.260. The fourth-order valence-corrected chi connectivity index (χ4v) is 3.06. The number of rotatable bonds is 5. The zero-order valence-electron chi connectivity index (χ0n) is 8.87. The SMILES string of the molecule is OC(CSc1ccccc1)Cc1cccs1. The van der Waals surface area contributed by atoms with E-state index in [0.717, 1.165) is 12.2 Å². The van der Waals surface area contributed by atoms with Crippen LogP contribution < -0.4 is 0 Å². The fourth-order valence-electron chi connectivity index (χ4n) is 1.43. The molecule has 0 saturated carbocycles. The molecular weight excluding hydrogens is 236 g/mol. The lowest BCUT2D eigenvalue weighted by atomic mass is 10.2. The van der Waals surface area contributed by atoms with Crippen molar-refractivity contribution in [1.29, 1.82) is 0 Å². The maximum Gasteiger partial charge on any atom is 0.0682 e. The van der Waals surface area contributed by atoms with Crippen molar-refractivity contribution in [2.24, 2.45) is 0 Å². The molecule has 1 aromatic carbocycles. The smallest absolute Gasteiger partial charge is 0.0682 e. The van der Waals surface area contributed by atoms with Crippen LogP contribution in [0.3, 0.4) is 0 Å². The van der Waals surface area contributed by atoms with Gasteiger partial charge in [0.15, 0.2) is 0 Å². The zero-order chi connectivity index (χ0) is 11.2. The molecule has 0 radical (unpaired) electrons. The van der Waals surface area contributed by atoms with Gasteiger partial charge in [-0.05, 0) is 23.6 Å². The van der Waals surface area contributed by atoms with Gasteiger partial charge in [-0.1, -0.05) is 24.3 Å². The number of thiophene rings is 1. The molecule has 1 atom stereocenters. The summed E-state index contributed by atoms with van der Waals surface area (Å²) in [4.78, 5) is 2.47. The third-order valence-corrected chi connectivity index (χ3v) is 4.26. The molecule has 0 fully saturated rings. The first-order chi connectivity index (χ1) is 7.84. The number of benzene rings is 1. The molecule has 0 aliphatic carbocycles. The highest BCUT2D eigenvalue weighted by Gasteiger charge is 2.06. The standard InChI is InChI=1S/C13H14OS2/c14-11(9-13-7-4-8-15-13)10-16-12-5-2-1-3-6-12/h1-8,11,14H,9-10H2. The van der Waals surface area contributed by atoms with E-state index < -0.39 is 0 Å². The summed E-state index contributed by atoms with van der Waals surface area (Å²) >= 11 is 3.41. The number of aliphatic hydroxyl groups excluding tert-OH is 1. The molecule has 84 valence electrons. The van der Waals surface area contributed by atoms with Crippen molar-refractivity contribution in [3.05, 3.63) is 52.7 Å². The maximum absolute atomic E-state index is 9.87. The zero-order valence-corrected chi connectivity index (χ0v) is 10.5. The summed E-state index contributed by atoms with van der Waals surface area (Å²) in [5.74, 6) is 0.752. The van der Waals surface area contributed by atoms with Gasteiger partial charge in [0.2, 0.25) is 0 Å². The van der Waals surface area contributed by atoms with E-state index in [9.17, 15) is 5.11 Å². The van der Waals surface area contributed by atoms with Gasteiger partial charge < -0.3 is 5.11 Å². The summed E-state index contributed by atoms with van der Waals surface area (Å²) in [6, 6.07) is 14.3. The molecule has 1 nitrogen and oxygen atoms in total. The van der Waals surface area contributed by atoms with Gasteiger partial charge in [-0.2, -0.15) is 0 Å². The lowest BCUT2D eigenvalue weighted by molar-refractivity contribution is 0.201. The van der Waals surface area contributed by atoms with Gasteiger partial charge in [-0.3, -0.25) is 0 Å². The van der Waals surface area contributed by atoms with Gasteiger partial charge in [0.05, 0.1) is 6.10 Å². The quantitative estimate of drug-likeness (QED) is 0.820. The van der Waals surface area contributed by atoms with Crippen molar-refractivity contribution in [1.82, 2.24) is 0 Å². The molecule has 1 unspecified atom stereocenters. The van der Waals surface area contributed by atoms with Crippen LogP contribution in [0.15, 0.2) is 52.7 Å². The van der Waals surface area contributed by atoms with Gasteiger partial charge in [-0.15, -0.1) is 23.1 Å². The summed E-state index contributed by atoms with van der Waals surface area (Å²) in [7, 11) is 0. The second-order valence-corrected chi connectivity index (χ2v) is 5.69. The molecule has 1 N–H and O–H groups in total. The predicted octanol–water partition coefficient (Wildman–Crippen LogP) is 3.44. The Morgan fingerprint density at radius 1 is 1.12 bits per heavy atom. The summed E-state index contributed by atoms with van der Waals surface area (Å²) in [5, 5.41) is 11.9. The molecule has 2 aromatic rings. The van der Waals surface area contributed by atoms with Crippen LogP contribution in [0.25, 0.3) is 0 Å². The number of hydrogen-bond donors (Lipinski definition) is 1. The van der Waals surface area contributed by atoms with Crippen LogP contribution in [0.4, 0.5) is 0 Å². The third-order valence-electron chi connectivity index (χ3n) is 2.20. The minimum absolute atomic E-state index is 0.260. The van der Waals surface area contributed by atoms with Gasteiger partial charge in [0.1, 0.15) is 0 Å². The minimum Gasteiger partial charge on any atom is -0.392 e. The van der Waals surface area contributed by atoms with Crippen molar-refractivity contribution in [3.8, 4) is 0 Å². The molecule has 2 rings (SSSR count). The monoisotopic (exact) mass is 250 g/mol. The first-order valence-electron chi connectivity index (χ1n) is 5.23. The summed E-state index contributed by atoms with van der Waals surface area (Å²) < 4.78 is 0. The van der Waals surface area contributed by atoms with Crippen molar-refractivity contribution in [2.45, 2.75) is 17.4 Å². The Morgan fingerprint density at radius 3 is 2.62 bits per heavy atom. The van der Waals surface area contributed by atoms with E-state index in [2.05, 4.69) is 18.2 Å². The summed E-state index contributed by atoms with van der Waals surface area (Å²) in [6.45, 7) is 0. The molecule has 0 aliphatic heterocycles. The molecule has 0 spiro atoms. The van der Waals surface area contributed by atoms with Crippen LogP contribution in [0.1, 0.15) is 4.88 Å². The lowest BCUT2D eigenvalue weighted by Crippen LogP contribution is -2.12. The van der Waals surface area contributed by atoms with E-state index >= 15 is 0 Å². The largest absolute Gasteiger partial charge is 0.392 e. The highest BCUT2D eigenvalue weighted by atomic mass is 32.2. The van der Waals surface area contributed by atoms with E-state index in [1.807, 2.05) is 29.6 Å². The lowest BCUT2D eigenvalue weighted by Gasteiger charge is -2.08. The topological polar surface area (TPSA) is 20.2 Å². The second-order valence-electron chi connectivity index (χ2n) is 3.56. The van der Waals surface area contributed by atoms with E-state index in [1.165, 1.54) is 9.77 Å². The summed E-state index contributed by atoms with van der Waals surface area (Å²) in [5.41, 5.74) is 0. The van der Waals surface area contributed by atoms with Crippen LogP contribution in [0, 0.1) is 0 Å². The Hall–Kier alpha value is -0.770. The van der Waals surface area contributed by atoms with Gasteiger partial charge >= 0.3 is 0 Å². The van der Waals surface area contributed by atoms with Crippen molar-refractivity contribution in [3.63, 3.8) is 0 Å². The maximum atomic E-state index is 9.87. The van der Waals surface area contributed by atoms with Crippen LogP contribution in [0.5, 0.6) is 0 Å².